The van der Waals surface area contributed by atoms with Crippen LogP contribution in [0.4, 0.5) is 39.6 Å². The fourth-order valence-corrected chi connectivity index (χ4v) is 0.747. The van der Waals surface area contributed by atoms with Crippen molar-refractivity contribution in [1.29, 1.82) is 0 Å². The first kappa shape index (κ1) is 23.1. The minimum absolute atomic E-state index is 0.925. The largest absolute Gasteiger partial charge is 0.408 e. The minimum Gasteiger partial charge on any atom is -0.402 e. The number of halogens is 9. The van der Waals surface area contributed by atoms with Crippen molar-refractivity contribution in [2.24, 2.45) is 0 Å². The first-order chi connectivity index (χ1) is 9.66. The lowest BCUT2D eigenvalue weighted by molar-refractivity contribution is -0.285. The fraction of sp³-hybridized carbons (Fsp3) is 0.714. The normalized spacial score (nSPS) is 12.3. The van der Waals surface area contributed by atoms with Crippen molar-refractivity contribution in [3.05, 3.63) is 12.1 Å². The van der Waals surface area contributed by atoms with Crippen molar-refractivity contribution in [1.82, 2.24) is 0 Å². The van der Waals surface area contributed by atoms with Crippen molar-refractivity contribution >= 4 is 10.1 Å². The molecule has 15 heteroatoms. The fourth-order valence-electron chi connectivity index (χ4n) is 0.542. The highest BCUT2D eigenvalue weighted by atomic mass is 32.2. The van der Waals surface area contributed by atoms with E-state index in [4.69, 9.17) is 0 Å². The molecule has 0 atom stereocenters. The van der Waals surface area contributed by atoms with E-state index >= 15 is 0 Å². The zero-order valence-electron chi connectivity index (χ0n) is 10.3. The summed E-state index contributed by atoms with van der Waals surface area (Å²) in [7, 11) is -2.84. The highest BCUT2D eigenvalue weighted by Gasteiger charge is 2.46. The van der Waals surface area contributed by atoms with E-state index in [1.165, 1.54) is 0 Å². The third-order valence-corrected chi connectivity index (χ3v) is 2.12. The zero-order valence-corrected chi connectivity index (χ0v) is 11.1. The number of rotatable bonds is 6. The molecule has 0 aliphatic carbocycles. The molecule has 0 radical (unpaired) electrons. The molecule has 0 saturated heterocycles. The third kappa shape index (κ3) is 13.7. The second-order valence-electron chi connectivity index (χ2n) is 3.02. The summed E-state index contributed by atoms with van der Waals surface area (Å²) in [5.74, 6) is -1.05. The maximum atomic E-state index is 12.0. The second-order valence-corrected chi connectivity index (χ2v) is 4.70. The molecular weight excluding hydrogens is 367 g/mol. The molecule has 0 amide bonds. The van der Waals surface area contributed by atoms with Gasteiger partial charge in [0, 0.05) is 0 Å². The molecule has 0 aromatic heterocycles. The van der Waals surface area contributed by atoms with Crippen LogP contribution in [0.3, 0.4) is 0 Å². The third-order valence-electron chi connectivity index (χ3n) is 1.24. The summed E-state index contributed by atoms with van der Waals surface area (Å²) in [5.41, 5.74) is 0. The summed E-state index contributed by atoms with van der Waals surface area (Å²) < 4.78 is 129. The Kier molecular flexibility index (Phi) is 9.47. The Morgan fingerprint density at radius 3 is 1.73 bits per heavy atom. The van der Waals surface area contributed by atoms with Crippen molar-refractivity contribution in [2.75, 3.05) is 13.0 Å². The highest BCUT2D eigenvalue weighted by molar-refractivity contribution is 7.86. The van der Waals surface area contributed by atoms with Gasteiger partial charge in [0.1, 0.15) is 6.42 Å². The molecule has 0 bridgehead atoms. The van der Waals surface area contributed by atoms with Gasteiger partial charge in [0.25, 0.3) is 10.1 Å². The molecule has 0 heterocycles. The Morgan fingerprint density at radius 1 is 1.05 bits per heavy atom. The Bertz CT molecular complexity index is 453. The van der Waals surface area contributed by atoms with Crippen LogP contribution in [0.25, 0.3) is 0 Å². The van der Waals surface area contributed by atoms with Gasteiger partial charge in [-0.1, -0.05) is 0 Å². The minimum atomic E-state index is -5.35. The molecule has 0 aromatic carbocycles. The Morgan fingerprint density at radius 2 is 1.50 bits per heavy atom. The summed E-state index contributed by atoms with van der Waals surface area (Å²) in [6.45, 7) is 0. The van der Waals surface area contributed by atoms with E-state index in [0.717, 1.165) is 7.11 Å². The summed E-state index contributed by atoms with van der Waals surface area (Å²) in [4.78, 5) is 2.78. The van der Waals surface area contributed by atoms with Gasteiger partial charge in [-0.3, -0.25) is 4.18 Å². The standard InChI is InChI=1S/C5H2F8O.C2H5FO4S/c6-2(7)3(8)14-5(12,13)1-4(9,10)11;1-6-8(4,5)2-7-3/h1H2;2H2,1H3. The molecule has 0 spiro atoms. The van der Waals surface area contributed by atoms with Gasteiger partial charge in [-0.25, -0.2) is 0 Å². The molecule has 0 aliphatic rings. The van der Waals surface area contributed by atoms with Gasteiger partial charge in [0.15, 0.2) is 0 Å². The van der Waals surface area contributed by atoms with Crippen molar-refractivity contribution < 1.29 is 61.9 Å². The van der Waals surface area contributed by atoms with Crippen LogP contribution in [-0.2, 0) is 24.0 Å². The van der Waals surface area contributed by atoms with Gasteiger partial charge in [-0.2, -0.15) is 48.5 Å². The molecule has 0 rings (SSSR count). The van der Waals surface area contributed by atoms with E-state index in [1.54, 1.807) is 0 Å². The first-order valence-electron chi connectivity index (χ1n) is 4.52. The maximum Gasteiger partial charge on any atom is 0.408 e. The molecule has 22 heavy (non-hydrogen) atoms. The van der Waals surface area contributed by atoms with Crippen LogP contribution in [0.2, 0.25) is 0 Å². The van der Waals surface area contributed by atoms with Gasteiger partial charge >= 0.3 is 24.4 Å². The van der Waals surface area contributed by atoms with Crippen LogP contribution < -0.4 is 0 Å². The molecule has 134 valence electrons. The average molecular weight is 374 g/mol. The van der Waals surface area contributed by atoms with E-state index in [1.807, 2.05) is 0 Å². The first-order valence-corrected chi connectivity index (χ1v) is 6.09. The molecule has 0 fully saturated rings. The molecule has 0 aliphatic heterocycles. The SMILES string of the molecule is COS(=O)(=O)COF.FC(F)=C(F)OC(F)(F)CC(F)(F)F. The summed E-state index contributed by atoms with van der Waals surface area (Å²) >= 11 is 0. The lowest BCUT2D eigenvalue weighted by Gasteiger charge is -2.17. The lowest BCUT2D eigenvalue weighted by atomic mass is 10.4. The van der Waals surface area contributed by atoms with Crippen molar-refractivity contribution in [3.63, 3.8) is 0 Å². The molecular formula is C7H7F9O5S. The summed E-state index contributed by atoms with van der Waals surface area (Å²) in [6, 6.07) is -3.03. The van der Waals surface area contributed by atoms with Crippen LogP contribution in [0.15, 0.2) is 12.1 Å². The Labute approximate surface area is 117 Å². The lowest BCUT2D eigenvalue weighted by Crippen LogP contribution is -2.28. The van der Waals surface area contributed by atoms with Gasteiger partial charge in [0.05, 0.1) is 7.11 Å². The zero-order chi connectivity index (χ0) is 18.2. The van der Waals surface area contributed by atoms with E-state index in [2.05, 4.69) is 13.9 Å². The average Bonchev–Trinajstić information content (AvgIpc) is 2.25. The quantitative estimate of drug-likeness (QED) is 0.405. The summed E-state index contributed by atoms with van der Waals surface area (Å²) in [5, 5.41) is 0. The van der Waals surface area contributed by atoms with Crippen molar-refractivity contribution in [3.8, 4) is 0 Å². The predicted octanol–water partition coefficient (Wildman–Crippen LogP) is 3.40. The molecule has 0 unspecified atom stereocenters. The monoisotopic (exact) mass is 374 g/mol. The Hall–Kier alpha value is -1.22. The highest BCUT2D eigenvalue weighted by Crippen LogP contribution is 2.34. The number of hydrogen-bond acceptors (Lipinski definition) is 5. The predicted molar refractivity (Wildman–Crippen MR) is 50.0 cm³/mol. The van der Waals surface area contributed by atoms with Crippen LogP contribution in [0, 0.1) is 0 Å². The van der Waals surface area contributed by atoms with Gasteiger partial charge in [0.2, 0.25) is 5.94 Å². The van der Waals surface area contributed by atoms with E-state index < -0.39 is 46.9 Å². The van der Waals surface area contributed by atoms with Gasteiger partial charge < -0.3 is 4.74 Å². The number of hydrogen-bond donors (Lipinski definition) is 0. The topological polar surface area (TPSA) is 61.8 Å². The van der Waals surface area contributed by atoms with Gasteiger partial charge in [-0.15, -0.1) is 0 Å². The van der Waals surface area contributed by atoms with Gasteiger partial charge in [-0.05, 0) is 4.53 Å². The van der Waals surface area contributed by atoms with Crippen LogP contribution in [0.1, 0.15) is 6.42 Å². The van der Waals surface area contributed by atoms with Crippen LogP contribution in [0.5, 0.6) is 0 Å². The number of alkyl halides is 5. The van der Waals surface area contributed by atoms with E-state index in [9.17, 15) is 48.1 Å². The summed E-state index contributed by atoms with van der Waals surface area (Å²) in [6.07, 6.45) is -16.5. The Balaban J connectivity index is 0. The second kappa shape index (κ2) is 9.04. The molecule has 0 aromatic rings. The number of ether oxygens (including phenoxy) is 1. The molecule has 5 nitrogen and oxygen atoms in total. The van der Waals surface area contributed by atoms with Crippen molar-refractivity contribution in [2.45, 2.75) is 18.7 Å². The van der Waals surface area contributed by atoms with E-state index in [-0.39, 0.29) is 0 Å². The smallest absolute Gasteiger partial charge is 0.402 e. The van der Waals surface area contributed by atoms with Crippen LogP contribution in [-0.4, -0.2) is 33.8 Å². The maximum absolute atomic E-state index is 12.0. The van der Waals surface area contributed by atoms with Crippen LogP contribution >= 0.6 is 0 Å². The van der Waals surface area contributed by atoms with E-state index in [0.29, 0.717) is 0 Å². The molecule has 0 N–H and O–H groups in total. The molecule has 0 saturated carbocycles.